The van der Waals surface area contributed by atoms with Gasteiger partial charge in [-0.15, -0.1) is 0 Å². The van der Waals surface area contributed by atoms with Crippen molar-refractivity contribution >= 4 is 0 Å². The van der Waals surface area contributed by atoms with Crippen LogP contribution >= 0.6 is 0 Å². The second kappa shape index (κ2) is 15.6. The number of rotatable bonds is 10. The van der Waals surface area contributed by atoms with E-state index in [1.54, 1.807) is 0 Å². The summed E-state index contributed by atoms with van der Waals surface area (Å²) in [6.45, 7) is -3.41. The van der Waals surface area contributed by atoms with E-state index in [0.29, 0.717) is 0 Å². The third-order valence-corrected chi connectivity index (χ3v) is 8.19. The predicted octanol–water partition coefficient (Wildman–Crippen LogP) is -9.75. The molecule has 0 saturated carbocycles. The molecule has 0 aromatic rings. The molecule has 4 fully saturated rings. The number of aliphatic hydroxyl groups is 14. The Morgan fingerprint density at radius 2 is 0.622 bits per heavy atom. The Bertz CT molecular complexity index is 912. The average molecular weight is 667 g/mol. The summed E-state index contributed by atoms with van der Waals surface area (Å²) in [5.74, 6) is 0. The molecule has 0 aromatic carbocycles. The lowest BCUT2D eigenvalue weighted by molar-refractivity contribution is -0.402. The van der Waals surface area contributed by atoms with Gasteiger partial charge in [-0.1, -0.05) is 0 Å². The van der Waals surface area contributed by atoms with Crippen LogP contribution in [0.25, 0.3) is 0 Å². The van der Waals surface area contributed by atoms with E-state index in [9.17, 15) is 71.5 Å². The first-order chi connectivity index (χ1) is 21.3. The van der Waals surface area contributed by atoms with Crippen LogP contribution in [0.15, 0.2) is 0 Å². The summed E-state index contributed by atoms with van der Waals surface area (Å²) in [5, 5.41) is 142. The summed E-state index contributed by atoms with van der Waals surface area (Å²) in [5.41, 5.74) is 0. The van der Waals surface area contributed by atoms with Crippen LogP contribution in [0.2, 0.25) is 0 Å². The molecule has 20 atom stereocenters. The largest absolute Gasteiger partial charge is 0.394 e. The minimum Gasteiger partial charge on any atom is -0.394 e. The molecule has 0 aliphatic carbocycles. The lowest BCUT2D eigenvalue weighted by Crippen LogP contribution is -2.67. The standard InChI is InChI=1S/C24H42O21/c25-1-5-9(29)12(32)16(36)21(39-5)44-20-14(34)11(31)7(3-27)41-24(20)43-19-8(4-28)42-23(18(38)15(19)35)45-22-17(37)13(33)10(30)6(2-26)40-22/h5-38H,1-4H2/t5-,6-,7-,8-,9-,10-,11-,12+,13+,14+,15-,16-,17-,18-,19-,20-,21+,22-,23-,24+/m1/s1. The molecule has 4 aliphatic rings. The van der Waals surface area contributed by atoms with Crippen LogP contribution in [-0.4, -0.2) is 221 Å². The van der Waals surface area contributed by atoms with Gasteiger partial charge in [-0.2, -0.15) is 0 Å². The van der Waals surface area contributed by atoms with E-state index in [1.807, 2.05) is 0 Å². The van der Waals surface area contributed by atoms with Crippen LogP contribution in [0.4, 0.5) is 0 Å². The second-order valence-electron chi connectivity index (χ2n) is 11.1. The Morgan fingerprint density at radius 3 is 1.07 bits per heavy atom. The lowest BCUT2D eigenvalue weighted by atomic mass is 9.96. The summed E-state index contributed by atoms with van der Waals surface area (Å²) in [6, 6.07) is 0. The normalized spacial score (nSPS) is 52.9. The Morgan fingerprint density at radius 1 is 0.311 bits per heavy atom. The van der Waals surface area contributed by atoms with Crippen molar-refractivity contribution in [3.63, 3.8) is 0 Å². The molecule has 21 nitrogen and oxygen atoms in total. The zero-order valence-electron chi connectivity index (χ0n) is 23.5. The molecule has 45 heavy (non-hydrogen) atoms. The monoisotopic (exact) mass is 666 g/mol. The Balaban J connectivity index is 1.51. The molecule has 21 heteroatoms. The van der Waals surface area contributed by atoms with E-state index in [0.717, 1.165) is 0 Å². The van der Waals surface area contributed by atoms with Crippen molar-refractivity contribution in [2.75, 3.05) is 26.4 Å². The van der Waals surface area contributed by atoms with Crippen molar-refractivity contribution in [2.45, 2.75) is 123 Å². The van der Waals surface area contributed by atoms with Gasteiger partial charge < -0.3 is 105 Å². The van der Waals surface area contributed by atoms with Gasteiger partial charge in [-0.25, -0.2) is 0 Å². The van der Waals surface area contributed by atoms with Crippen molar-refractivity contribution in [1.82, 2.24) is 0 Å². The molecule has 4 saturated heterocycles. The minimum absolute atomic E-state index is 0.792. The maximum atomic E-state index is 11.0. The molecule has 0 aromatic heterocycles. The van der Waals surface area contributed by atoms with Gasteiger partial charge >= 0.3 is 0 Å². The van der Waals surface area contributed by atoms with E-state index >= 15 is 0 Å². The molecule has 264 valence electrons. The molecule has 0 bridgehead atoms. The van der Waals surface area contributed by atoms with Gasteiger partial charge in [0, 0.05) is 0 Å². The van der Waals surface area contributed by atoms with Crippen LogP contribution in [0.3, 0.4) is 0 Å². The van der Waals surface area contributed by atoms with E-state index in [1.165, 1.54) is 0 Å². The van der Waals surface area contributed by atoms with Crippen LogP contribution in [-0.2, 0) is 33.2 Å². The molecular weight excluding hydrogens is 624 g/mol. The van der Waals surface area contributed by atoms with Gasteiger partial charge in [0.15, 0.2) is 25.2 Å². The molecule has 4 heterocycles. The lowest BCUT2D eigenvalue weighted by Gasteiger charge is -2.49. The first-order valence-electron chi connectivity index (χ1n) is 14.1. The van der Waals surface area contributed by atoms with Crippen LogP contribution in [0.1, 0.15) is 0 Å². The quantitative estimate of drug-likeness (QED) is 0.103. The Kier molecular flexibility index (Phi) is 12.8. The summed E-state index contributed by atoms with van der Waals surface area (Å²) >= 11 is 0. The Hall–Kier alpha value is -0.840. The van der Waals surface area contributed by atoms with Crippen LogP contribution < -0.4 is 0 Å². The second-order valence-corrected chi connectivity index (χ2v) is 11.1. The summed E-state index contributed by atoms with van der Waals surface area (Å²) in [7, 11) is 0. The Labute approximate surface area is 254 Å². The topological polar surface area (TPSA) is 348 Å². The maximum Gasteiger partial charge on any atom is 0.189 e. The summed E-state index contributed by atoms with van der Waals surface area (Å²) in [4.78, 5) is 0. The molecule has 0 spiro atoms. The van der Waals surface area contributed by atoms with Gasteiger partial charge in [-0.3, -0.25) is 0 Å². The van der Waals surface area contributed by atoms with Gasteiger partial charge in [0.2, 0.25) is 0 Å². The minimum atomic E-state index is -2.04. The van der Waals surface area contributed by atoms with E-state index in [-0.39, 0.29) is 0 Å². The first-order valence-corrected chi connectivity index (χ1v) is 14.1. The van der Waals surface area contributed by atoms with Gasteiger partial charge in [0.1, 0.15) is 97.7 Å². The van der Waals surface area contributed by atoms with Crippen molar-refractivity contribution in [3.05, 3.63) is 0 Å². The molecule has 0 radical (unpaired) electrons. The summed E-state index contributed by atoms with van der Waals surface area (Å²) in [6.07, 6.45) is -35.8. The summed E-state index contributed by atoms with van der Waals surface area (Å²) < 4.78 is 38.1. The fourth-order valence-corrected chi connectivity index (χ4v) is 5.45. The van der Waals surface area contributed by atoms with E-state index in [2.05, 4.69) is 0 Å². The molecule has 0 amide bonds. The third kappa shape index (κ3) is 7.44. The number of hydrogen-bond acceptors (Lipinski definition) is 21. The smallest absolute Gasteiger partial charge is 0.189 e. The first kappa shape index (κ1) is 37.0. The zero-order chi connectivity index (χ0) is 33.3. The fourth-order valence-electron chi connectivity index (χ4n) is 5.45. The van der Waals surface area contributed by atoms with Gasteiger partial charge in [0.05, 0.1) is 26.4 Å². The zero-order valence-corrected chi connectivity index (χ0v) is 23.5. The number of ether oxygens (including phenoxy) is 7. The molecule has 4 rings (SSSR count). The maximum absolute atomic E-state index is 11.0. The fraction of sp³-hybridized carbons (Fsp3) is 1.00. The highest BCUT2D eigenvalue weighted by atomic mass is 16.8. The molecule has 4 aliphatic heterocycles. The molecule has 0 unspecified atom stereocenters. The SMILES string of the molecule is OC[C@H]1O[C@@H](O[C@H]2[C@H](O[C@H]3[C@H](O)[C@@H](O)[C@@H](O[C@H]4O[C@H](CO)[C@@H](O)[C@H](O)[C@H]4O)O[C@@H]3CO)O[C@H](CO)[C@@H](O)[C@@H]2O)[C@H](O)[C@@H](O)[C@@H]1O. The van der Waals surface area contributed by atoms with Crippen molar-refractivity contribution < 1.29 is 105 Å². The van der Waals surface area contributed by atoms with Crippen molar-refractivity contribution in [1.29, 1.82) is 0 Å². The highest BCUT2D eigenvalue weighted by Crippen LogP contribution is 2.34. The molecule has 14 N–H and O–H groups in total. The van der Waals surface area contributed by atoms with Crippen molar-refractivity contribution in [2.24, 2.45) is 0 Å². The van der Waals surface area contributed by atoms with Crippen LogP contribution in [0, 0.1) is 0 Å². The van der Waals surface area contributed by atoms with E-state index < -0.39 is 149 Å². The third-order valence-electron chi connectivity index (χ3n) is 8.19. The van der Waals surface area contributed by atoms with Gasteiger partial charge in [-0.05, 0) is 0 Å². The highest BCUT2D eigenvalue weighted by molar-refractivity contribution is 4.97. The molecular formula is C24H42O21. The van der Waals surface area contributed by atoms with Gasteiger partial charge in [0.25, 0.3) is 0 Å². The average Bonchev–Trinajstić information content (AvgIpc) is 3.03. The van der Waals surface area contributed by atoms with Crippen molar-refractivity contribution in [3.8, 4) is 0 Å². The number of hydrogen-bond donors (Lipinski definition) is 14. The predicted molar refractivity (Wildman–Crippen MR) is 134 cm³/mol. The van der Waals surface area contributed by atoms with Crippen LogP contribution in [0.5, 0.6) is 0 Å². The highest BCUT2D eigenvalue weighted by Gasteiger charge is 2.55. The van der Waals surface area contributed by atoms with E-state index in [4.69, 9.17) is 33.2 Å². The number of aliphatic hydroxyl groups excluding tert-OH is 14.